The topological polar surface area (TPSA) is 32.8 Å². The fraction of sp³-hybridized carbons (Fsp3) is 0.321. The summed E-state index contributed by atoms with van der Waals surface area (Å²) < 4.78 is 5.96. The molecule has 1 saturated heterocycles. The van der Waals surface area contributed by atoms with Crippen LogP contribution in [0.3, 0.4) is 0 Å². The van der Waals surface area contributed by atoms with Crippen molar-refractivity contribution in [1.29, 1.82) is 0 Å². The van der Waals surface area contributed by atoms with Gasteiger partial charge in [0.05, 0.1) is 0 Å². The number of hydrogen-bond acceptors (Lipinski definition) is 3. The molecule has 1 heterocycles. The number of nitrogens with zero attached hydrogens (tertiary/aromatic N) is 2. The van der Waals surface area contributed by atoms with Crippen LogP contribution in [0.5, 0.6) is 5.75 Å². The van der Waals surface area contributed by atoms with Gasteiger partial charge in [-0.25, -0.2) is 0 Å². The van der Waals surface area contributed by atoms with Crippen molar-refractivity contribution in [2.75, 3.05) is 25.0 Å². The molecule has 0 saturated carbocycles. The second kappa shape index (κ2) is 10.9. The number of rotatable bonds is 7. The Morgan fingerprint density at radius 1 is 1.00 bits per heavy atom. The molecule has 5 heteroatoms. The van der Waals surface area contributed by atoms with Gasteiger partial charge in [0.25, 0.3) is 5.91 Å². The zero-order valence-corrected chi connectivity index (χ0v) is 20.1. The maximum absolute atomic E-state index is 13.2. The molecule has 1 amide bonds. The fourth-order valence-electron chi connectivity index (χ4n) is 4.21. The number of halogens is 1. The fourth-order valence-corrected chi connectivity index (χ4v) is 4.44. The number of carbonyl (C=O) groups is 1. The molecule has 1 fully saturated rings. The molecule has 1 aliphatic rings. The third kappa shape index (κ3) is 6.16. The van der Waals surface area contributed by atoms with Gasteiger partial charge < -0.3 is 9.64 Å². The smallest absolute Gasteiger partial charge is 0.258 e. The lowest BCUT2D eigenvalue weighted by atomic mass is 10.1. The van der Waals surface area contributed by atoms with E-state index >= 15 is 0 Å². The SMILES string of the molecule is Cc1ccccc1COc1cc(Cl)cc(C(=O)N(C)c2ccc(CN3CCCCC3)cc2)c1. The highest BCUT2D eigenvalue weighted by Gasteiger charge is 2.16. The van der Waals surface area contributed by atoms with E-state index in [0.717, 1.165) is 17.8 Å². The van der Waals surface area contributed by atoms with Gasteiger partial charge in [0.2, 0.25) is 0 Å². The molecule has 1 aliphatic heterocycles. The van der Waals surface area contributed by atoms with E-state index in [2.05, 4.69) is 30.0 Å². The van der Waals surface area contributed by atoms with E-state index in [-0.39, 0.29) is 5.91 Å². The van der Waals surface area contributed by atoms with Gasteiger partial charge >= 0.3 is 0 Å². The minimum absolute atomic E-state index is 0.123. The average molecular weight is 463 g/mol. The van der Waals surface area contributed by atoms with Gasteiger partial charge in [-0.3, -0.25) is 9.69 Å². The summed E-state index contributed by atoms with van der Waals surface area (Å²) in [5.41, 5.74) is 4.90. The number of piperidine rings is 1. The highest BCUT2D eigenvalue weighted by atomic mass is 35.5. The van der Waals surface area contributed by atoms with Crippen molar-refractivity contribution in [1.82, 2.24) is 4.90 Å². The third-order valence-electron chi connectivity index (χ3n) is 6.26. The van der Waals surface area contributed by atoms with Gasteiger partial charge in [0.1, 0.15) is 12.4 Å². The monoisotopic (exact) mass is 462 g/mol. The molecule has 0 radical (unpaired) electrons. The lowest BCUT2D eigenvalue weighted by Gasteiger charge is -2.26. The summed E-state index contributed by atoms with van der Waals surface area (Å²) in [6.07, 6.45) is 3.90. The van der Waals surface area contributed by atoms with Crippen molar-refractivity contribution in [2.24, 2.45) is 0 Å². The number of likely N-dealkylation sites (tertiary alicyclic amines) is 1. The number of aryl methyl sites for hydroxylation is 1. The van der Waals surface area contributed by atoms with E-state index in [1.165, 1.54) is 43.5 Å². The van der Waals surface area contributed by atoms with Crippen molar-refractivity contribution in [2.45, 2.75) is 39.3 Å². The Bertz CT molecular complexity index is 1090. The van der Waals surface area contributed by atoms with Crippen LogP contribution >= 0.6 is 11.6 Å². The summed E-state index contributed by atoms with van der Waals surface area (Å²) in [6, 6.07) is 21.5. The molecule has 0 aliphatic carbocycles. The largest absolute Gasteiger partial charge is 0.489 e. The van der Waals surface area contributed by atoms with Crippen molar-refractivity contribution in [3.05, 3.63) is 94.0 Å². The van der Waals surface area contributed by atoms with Crippen LogP contribution in [0.4, 0.5) is 5.69 Å². The van der Waals surface area contributed by atoms with Crippen LogP contribution in [0, 0.1) is 6.92 Å². The first kappa shape index (κ1) is 23.3. The summed E-state index contributed by atoms with van der Waals surface area (Å²) >= 11 is 6.32. The Hall–Kier alpha value is -2.82. The molecule has 0 spiro atoms. The zero-order chi connectivity index (χ0) is 23.2. The molecular formula is C28H31ClN2O2. The normalized spacial score (nSPS) is 14.2. The standard InChI is InChI=1S/C28H31ClN2O2/c1-21-8-4-5-9-23(21)20-33-27-17-24(16-25(29)18-27)28(32)30(2)26-12-10-22(11-13-26)19-31-14-6-3-7-15-31/h4-5,8-13,16-18H,3,6-7,14-15,19-20H2,1-2H3. The van der Waals surface area contributed by atoms with E-state index in [9.17, 15) is 4.79 Å². The number of carbonyl (C=O) groups excluding carboxylic acids is 1. The first-order chi connectivity index (χ1) is 16.0. The second-order valence-electron chi connectivity index (χ2n) is 8.76. The number of anilines is 1. The molecule has 172 valence electrons. The maximum Gasteiger partial charge on any atom is 0.258 e. The van der Waals surface area contributed by atoms with Crippen molar-refractivity contribution >= 4 is 23.2 Å². The van der Waals surface area contributed by atoms with Gasteiger partial charge in [-0.15, -0.1) is 0 Å². The van der Waals surface area contributed by atoms with E-state index in [4.69, 9.17) is 16.3 Å². The molecule has 3 aromatic rings. The number of amides is 1. The van der Waals surface area contributed by atoms with Gasteiger partial charge in [-0.2, -0.15) is 0 Å². The lowest BCUT2D eigenvalue weighted by molar-refractivity contribution is 0.0992. The summed E-state index contributed by atoms with van der Waals surface area (Å²) in [4.78, 5) is 17.3. The lowest BCUT2D eigenvalue weighted by Crippen LogP contribution is -2.29. The van der Waals surface area contributed by atoms with Gasteiger partial charge in [0.15, 0.2) is 0 Å². The van der Waals surface area contributed by atoms with Gasteiger partial charge in [-0.1, -0.05) is 54.4 Å². The Kier molecular flexibility index (Phi) is 7.69. The Balaban J connectivity index is 1.42. The Morgan fingerprint density at radius 3 is 2.45 bits per heavy atom. The van der Waals surface area contributed by atoms with Crippen LogP contribution in [-0.4, -0.2) is 30.9 Å². The number of benzene rings is 3. The molecule has 3 aromatic carbocycles. The molecule has 0 unspecified atom stereocenters. The Labute approximate surface area is 201 Å². The predicted octanol–water partition coefficient (Wildman–Crippen LogP) is 6.49. The molecule has 0 atom stereocenters. The molecule has 33 heavy (non-hydrogen) atoms. The summed E-state index contributed by atoms with van der Waals surface area (Å²) in [7, 11) is 1.79. The molecule has 0 N–H and O–H groups in total. The number of hydrogen-bond donors (Lipinski definition) is 0. The molecule has 0 bridgehead atoms. The van der Waals surface area contributed by atoms with Crippen molar-refractivity contribution < 1.29 is 9.53 Å². The van der Waals surface area contributed by atoms with Gasteiger partial charge in [0, 0.05) is 29.9 Å². The highest BCUT2D eigenvalue weighted by Crippen LogP contribution is 2.25. The van der Waals surface area contributed by atoms with Crippen molar-refractivity contribution in [3.8, 4) is 5.75 Å². The van der Waals surface area contributed by atoms with E-state index in [1.54, 1.807) is 30.1 Å². The average Bonchev–Trinajstić information content (AvgIpc) is 2.83. The first-order valence-corrected chi connectivity index (χ1v) is 11.9. The van der Waals surface area contributed by atoms with E-state index < -0.39 is 0 Å². The highest BCUT2D eigenvalue weighted by molar-refractivity contribution is 6.31. The molecule has 0 aromatic heterocycles. The van der Waals surface area contributed by atoms with E-state index in [0.29, 0.717) is 22.9 Å². The molecule has 4 rings (SSSR count). The molecule has 4 nitrogen and oxygen atoms in total. The quantitative estimate of drug-likeness (QED) is 0.402. The summed E-state index contributed by atoms with van der Waals surface area (Å²) in [6.45, 7) is 5.79. The number of ether oxygens (including phenoxy) is 1. The van der Waals surface area contributed by atoms with Crippen LogP contribution in [0.1, 0.15) is 46.3 Å². The van der Waals surface area contributed by atoms with Crippen LogP contribution in [0.2, 0.25) is 5.02 Å². The predicted molar refractivity (Wildman–Crippen MR) is 135 cm³/mol. The van der Waals surface area contributed by atoms with Crippen LogP contribution < -0.4 is 9.64 Å². The van der Waals surface area contributed by atoms with Gasteiger partial charge in [-0.05, 0) is 79.9 Å². The summed E-state index contributed by atoms with van der Waals surface area (Å²) in [5, 5.41) is 0.478. The third-order valence-corrected chi connectivity index (χ3v) is 6.48. The summed E-state index contributed by atoms with van der Waals surface area (Å²) in [5.74, 6) is 0.460. The van der Waals surface area contributed by atoms with Crippen LogP contribution in [0.15, 0.2) is 66.7 Å². The zero-order valence-electron chi connectivity index (χ0n) is 19.4. The van der Waals surface area contributed by atoms with Crippen LogP contribution in [0.25, 0.3) is 0 Å². The minimum Gasteiger partial charge on any atom is -0.489 e. The second-order valence-corrected chi connectivity index (χ2v) is 9.19. The molecular weight excluding hydrogens is 432 g/mol. The van der Waals surface area contributed by atoms with E-state index in [1.807, 2.05) is 30.3 Å². The maximum atomic E-state index is 13.2. The minimum atomic E-state index is -0.123. The van der Waals surface area contributed by atoms with Crippen LogP contribution in [-0.2, 0) is 13.2 Å². The Morgan fingerprint density at radius 2 is 1.73 bits per heavy atom. The van der Waals surface area contributed by atoms with Crippen molar-refractivity contribution in [3.63, 3.8) is 0 Å². The first-order valence-electron chi connectivity index (χ1n) is 11.6.